The number of benzene rings is 6. The lowest BCUT2D eigenvalue weighted by atomic mass is 10.0. The van der Waals surface area contributed by atoms with Gasteiger partial charge in [0.15, 0.2) is 0 Å². The first-order chi connectivity index (χ1) is 22.4. The topological polar surface area (TPSA) is 210 Å². The van der Waals surface area contributed by atoms with E-state index in [2.05, 4.69) is 20.5 Å². The minimum absolute atomic E-state index is 0.111. The number of anilines is 2. The Balaban J connectivity index is 1.17. The van der Waals surface area contributed by atoms with Crippen LogP contribution in [0.25, 0.3) is 21.5 Å². The summed E-state index contributed by atoms with van der Waals surface area (Å²) in [6.45, 7) is 0. The van der Waals surface area contributed by atoms with Crippen LogP contribution in [0.1, 0.15) is 11.1 Å². The van der Waals surface area contributed by atoms with Crippen LogP contribution in [0, 0.1) is 0 Å². The largest absolute Gasteiger partial charge is 0.396 e. The van der Waals surface area contributed by atoms with Crippen molar-refractivity contribution in [3.63, 3.8) is 0 Å². The Hall–Kier alpha value is -5.54. The van der Waals surface area contributed by atoms with E-state index in [4.69, 9.17) is 11.5 Å². The fourth-order valence-corrected chi connectivity index (χ4v) is 6.55. The predicted octanol–water partition coefficient (Wildman–Crippen LogP) is 8.07. The summed E-state index contributed by atoms with van der Waals surface area (Å²) in [5.74, 6) is 0. The van der Waals surface area contributed by atoms with Crippen molar-refractivity contribution in [2.75, 3.05) is 11.5 Å². The molecule has 0 unspecified atom stereocenters. The van der Waals surface area contributed by atoms with E-state index in [1.807, 2.05) is 24.3 Å². The molecule has 0 spiro atoms. The summed E-state index contributed by atoms with van der Waals surface area (Å²) in [5.41, 5.74) is 16.2. The summed E-state index contributed by atoms with van der Waals surface area (Å²) >= 11 is 0. The molecule has 0 fully saturated rings. The van der Waals surface area contributed by atoms with Gasteiger partial charge >= 0.3 is 0 Å². The molecule has 0 saturated carbocycles. The Kier molecular flexibility index (Phi) is 8.25. The number of nitrogens with two attached hydrogens (primary N) is 2. The van der Waals surface area contributed by atoms with Gasteiger partial charge in [0.25, 0.3) is 20.2 Å². The molecule has 6 N–H and O–H groups in total. The zero-order chi connectivity index (χ0) is 33.3. The van der Waals surface area contributed by atoms with Gasteiger partial charge in [-0.1, -0.05) is 72.8 Å². The molecule has 0 saturated heterocycles. The van der Waals surface area contributed by atoms with Gasteiger partial charge in [0.2, 0.25) is 0 Å². The molecule has 14 heteroatoms. The average Bonchev–Trinajstić information content (AvgIpc) is 3.04. The number of nitrogen functional groups attached to an aromatic ring is 2. The second kappa shape index (κ2) is 12.3. The molecule has 6 aromatic carbocycles. The summed E-state index contributed by atoms with van der Waals surface area (Å²) in [6.07, 6.45) is 0.597. The number of azo groups is 2. The number of nitrogens with zero attached hydrogens (tertiary/aromatic N) is 4. The van der Waals surface area contributed by atoms with Crippen molar-refractivity contribution in [1.82, 2.24) is 0 Å². The van der Waals surface area contributed by atoms with Crippen LogP contribution in [-0.2, 0) is 26.7 Å². The summed E-state index contributed by atoms with van der Waals surface area (Å²) < 4.78 is 67.4. The predicted molar refractivity (Wildman–Crippen MR) is 180 cm³/mol. The first-order valence-electron chi connectivity index (χ1n) is 14.0. The van der Waals surface area contributed by atoms with Crippen LogP contribution in [0.15, 0.2) is 139 Å². The lowest BCUT2D eigenvalue weighted by Gasteiger charge is -2.09. The van der Waals surface area contributed by atoms with Crippen molar-refractivity contribution in [2.24, 2.45) is 20.5 Å². The van der Waals surface area contributed by atoms with Crippen LogP contribution < -0.4 is 11.5 Å². The van der Waals surface area contributed by atoms with Gasteiger partial charge in [-0.25, -0.2) is 0 Å². The highest BCUT2D eigenvalue weighted by Gasteiger charge is 2.19. The highest BCUT2D eigenvalue weighted by molar-refractivity contribution is 7.86. The van der Waals surface area contributed by atoms with Gasteiger partial charge in [0.05, 0.1) is 22.7 Å². The second-order valence-corrected chi connectivity index (χ2v) is 13.3. The zero-order valence-corrected chi connectivity index (χ0v) is 26.0. The first-order valence-corrected chi connectivity index (χ1v) is 16.9. The molecule has 0 aliphatic rings. The van der Waals surface area contributed by atoms with Gasteiger partial charge in [-0.05, 0) is 53.9 Å². The average molecular weight is 667 g/mol. The third kappa shape index (κ3) is 6.71. The molecule has 6 rings (SSSR count). The third-order valence-electron chi connectivity index (χ3n) is 7.44. The van der Waals surface area contributed by atoms with Crippen molar-refractivity contribution < 1.29 is 25.9 Å². The molecular weight excluding hydrogens is 641 g/mol. The van der Waals surface area contributed by atoms with E-state index in [0.717, 1.165) is 11.1 Å². The molecule has 236 valence electrons. The SMILES string of the molecule is Nc1c(N=Nc2ccc(Cc3ccc(N=Nc4cc(S(=O)(=O)O)c5ccccc5c4N)cc3)cc2)cc(S(=O)(=O)O)c2ccccc12. The summed E-state index contributed by atoms with van der Waals surface area (Å²) in [5, 5.41) is 18.2. The normalized spacial score (nSPS) is 12.5. The van der Waals surface area contributed by atoms with Crippen molar-refractivity contribution in [3.8, 4) is 0 Å². The van der Waals surface area contributed by atoms with Crippen molar-refractivity contribution in [2.45, 2.75) is 16.2 Å². The highest BCUT2D eigenvalue weighted by Crippen LogP contribution is 2.38. The minimum atomic E-state index is -4.52. The van der Waals surface area contributed by atoms with Gasteiger partial charge in [0, 0.05) is 21.5 Å². The maximum absolute atomic E-state index is 12.0. The maximum Gasteiger partial charge on any atom is 0.295 e. The van der Waals surface area contributed by atoms with Gasteiger partial charge in [-0.3, -0.25) is 9.11 Å². The monoisotopic (exact) mass is 666 g/mol. The van der Waals surface area contributed by atoms with Crippen LogP contribution in [-0.4, -0.2) is 25.9 Å². The minimum Gasteiger partial charge on any atom is -0.396 e. The number of hydrogen-bond donors (Lipinski definition) is 4. The molecule has 0 aromatic heterocycles. The second-order valence-electron chi connectivity index (χ2n) is 10.6. The molecule has 0 heterocycles. The van der Waals surface area contributed by atoms with E-state index in [-0.39, 0.29) is 43.3 Å². The van der Waals surface area contributed by atoms with Crippen molar-refractivity contribution in [1.29, 1.82) is 0 Å². The Morgan fingerprint density at radius 2 is 0.830 bits per heavy atom. The lowest BCUT2D eigenvalue weighted by Crippen LogP contribution is -2.01. The molecular formula is C33H26N6O6S2. The molecule has 0 amide bonds. The molecule has 6 aromatic rings. The van der Waals surface area contributed by atoms with E-state index < -0.39 is 20.2 Å². The molecule has 0 aliphatic heterocycles. The quantitative estimate of drug-likeness (QED) is 0.0707. The lowest BCUT2D eigenvalue weighted by molar-refractivity contribution is 0.482. The van der Waals surface area contributed by atoms with E-state index in [1.165, 1.54) is 12.1 Å². The molecule has 0 atom stereocenters. The van der Waals surface area contributed by atoms with Gasteiger partial charge in [-0.2, -0.15) is 27.1 Å². The van der Waals surface area contributed by atoms with E-state index >= 15 is 0 Å². The Bertz CT molecular complexity index is 2280. The van der Waals surface area contributed by atoms with Crippen LogP contribution in [0.4, 0.5) is 34.1 Å². The van der Waals surface area contributed by atoms with Gasteiger partial charge < -0.3 is 11.5 Å². The molecule has 0 bridgehead atoms. The maximum atomic E-state index is 12.0. The van der Waals surface area contributed by atoms with E-state index in [1.54, 1.807) is 72.8 Å². The standard InChI is InChI=1S/C33H26N6O6S2/c34-32-26-7-3-1-5-24(26)30(46(40,41)42)18-28(32)38-36-22-13-9-20(10-14-22)17-21-11-15-23(16-12-21)37-39-29-19-31(47(43,44)45)25-6-2-4-8-27(25)33(29)35/h1-16,18-19H,17,34-35H2,(H,40,41,42)(H,43,44,45). The molecule has 0 aliphatic carbocycles. The Labute approximate surface area is 269 Å². The highest BCUT2D eigenvalue weighted by atomic mass is 32.2. The number of hydrogen-bond acceptors (Lipinski definition) is 10. The molecule has 12 nitrogen and oxygen atoms in total. The fourth-order valence-electron chi connectivity index (χ4n) is 5.11. The zero-order valence-electron chi connectivity index (χ0n) is 24.4. The number of rotatable bonds is 8. The van der Waals surface area contributed by atoms with Gasteiger partial charge in [0.1, 0.15) is 21.2 Å². The van der Waals surface area contributed by atoms with Crippen LogP contribution in [0.3, 0.4) is 0 Å². The Morgan fingerprint density at radius 3 is 1.17 bits per heavy atom. The summed E-state index contributed by atoms with van der Waals surface area (Å²) in [4.78, 5) is -0.605. The summed E-state index contributed by atoms with van der Waals surface area (Å²) in [7, 11) is -9.05. The Morgan fingerprint density at radius 1 is 0.489 bits per heavy atom. The van der Waals surface area contributed by atoms with E-state index in [0.29, 0.717) is 28.6 Å². The number of fused-ring (bicyclic) bond motifs is 2. The van der Waals surface area contributed by atoms with Crippen LogP contribution in [0.5, 0.6) is 0 Å². The van der Waals surface area contributed by atoms with Crippen LogP contribution >= 0.6 is 0 Å². The summed E-state index contributed by atoms with van der Waals surface area (Å²) in [6, 6.07) is 30.1. The fraction of sp³-hybridized carbons (Fsp3) is 0.0303. The van der Waals surface area contributed by atoms with Gasteiger partial charge in [-0.15, -0.1) is 10.2 Å². The molecule has 0 radical (unpaired) electrons. The van der Waals surface area contributed by atoms with Crippen molar-refractivity contribution in [3.05, 3.63) is 120 Å². The van der Waals surface area contributed by atoms with Crippen LogP contribution in [0.2, 0.25) is 0 Å². The third-order valence-corrected chi connectivity index (χ3v) is 9.22. The first kappa shape index (κ1) is 31.4. The molecule has 47 heavy (non-hydrogen) atoms. The smallest absolute Gasteiger partial charge is 0.295 e. The van der Waals surface area contributed by atoms with Crippen molar-refractivity contribution >= 4 is 75.9 Å². The van der Waals surface area contributed by atoms with E-state index in [9.17, 15) is 25.9 Å².